The summed E-state index contributed by atoms with van der Waals surface area (Å²) in [6.45, 7) is 11.1. The maximum Gasteiger partial charge on any atom is 0.0634 e. The molecule has 14 heavy (non-hydrogen) atoms. The molecule has 0 amide bonds. The summed E-state index contributed by atoms with van der Waals surface area (Å²) in [5.41, 5.74) is 0.0184. The van der Waals surface area contributed by atoms with Crippen molar-refractivity contribution in [3.05, 3.63) is 0 Å². The molecule has 0 aliphatic carbocycles. The van der Waals surface area contributed by atoms with Crippen LogP contribution in [-0.2, 0) is 4.74 Å². The maximum atomic E-state index is 5.42. The van der Waals surface area contributed by atoms with Gasteiger partial charge in [-0.3, -0.25) is 4.90 Å². The first-order valence-corrected chi connectivity index (χ1v) is 5.55. The Labute approximate surface area is 87.8 Å². The van der Waals surface area contributed by atoms with Gasteiger partial charge >= 0.3 is 0 Å². The van der Waals surface area contributed by atoms with Crippen LogP contribution in [0.4, 0.5) is 0 Å². The number of methoxy groups -OCH3 is 1. The van der Waals surface area contributed by atoms with Gasteiger partial charge in [-0.05, 0) is 27.2 Å². The van der Waals surface area contributed by atoms with Crippen LogP contribution in [-0.4, -0.2) is 49.8 Å². The van der Waals surface area contributed by atoms with E-state index in [-0.39, 0.29) is 5.60 Å². The van der Waals surface area contributed by atoms with Gasteiger partial charge in [0.15, 0.2) is 0 Å². The zero-order valence-corrected chi connectivity index (χ0v) is 9.97. The molecule has 1 unspecified atom stereocenters. The van der Waals surface area contributed by atoms with Gasteiger partial charge in [0.1, 0.15) is 0 Å². The highest BCUT2D eigenvalue weighted by Gasteiger charge is 2.22. The predicted octanol–water partition coefficient (Wildman–Crippen LogP) is 1.10. The van der Waals surface area contributed by atoms with Crippen molar-refractivity contribution in [2.75, 3.05) is 33.3 Å². The lowest BCUT2D eigenvalue weighted by molar-refractivity contribution is 0.00294. The average molecular weight is 200 g/mol. The number of ether oxygens (including phenoxy) is 1. The van der Waals surface area contributed by atoms with Crippen LogP contribution >= 0.6 is 0 Å². The van der Waals surface area contributed by atoms with Crippen molar-refractivity contribution in [2.45, 2.75) is 38.8 Å². The summed E-state index contributed by atoms with van der Waals surface area (Å²) in [7, 11) is 1.79. The fourth-order valence-electron chi connectivity index (χ4n) is 1.73. The number of rotatable bonds is 4. The van der Waals surface area contributed by atoms with Crippen LogP contribution in [0, 0.1) is 0 Å². The number of nitrogens with zero attached hydrogens (tertiary/aromatic N) is 1. The van der Waals surface area contributed by atoms with Gasteiger partial charge in [-0.25, -0.2) is 0 Å². The zero-order chi connectivity index (χ0) is 10.6. The molecule has 0 aromatic rings. The minimum atomic E-state index is 0.0184. The number of hydrogen-bond acceptors (Lipinski definition) is 3. The highest BCUT2D eigenvalue weighted by Crippen LogP contribution is 2.15. The molecular formula is C11H24N2O. The molecule has 1 aliphatic rings. The Kier molecular flexibility index (Phi) is 4.35. The molecule has 0 saturated carbocycles. The summed E-state index contributed by atoms with van der Waals surface area (Å²) in [4.78, 5) is 2.54. The average Bonchev–Trinajstić information content (AvgIpc) is 2.17. The molecule has 3 nitrogen and oxygen atoms in total. The molecular weight excluding hydrogens is 176 g/mol. The Morgan fingerprint density at radius 3 is 2.79 bits per heavy atom. The molecule has 1 heterocycles. The molecule has 1 aliphatic heterocycles. The third kappa shape index (κ3) is 3.56. The van der Waals surface area contributed by atoms with E-state index < -0.39 is 0 Å². The number of hydrogen-bond donors (Lipinski definition) is 1. The van der Waals surface area contributed by atoms with E-state index >= 15 is 0 Å². The molecule has 1 saturated heterocycles. The minimum absolute atomic E-state index is 0.0184. The summed E-state index contributed by atoms with van der Waals surface area (Å²) in [6, 6.07) is 0.663. The molecule has 0 radical (unpaired) electrons. The van der Waals surface area contributed by atoms with E-state index in [1.807, 2.05) is 0 Å². The highest BCUT2D eigenvalue weighted by atomic mass is 16.5. The third-order valence-corrected chi connectivity index (χ3v) is 3.19. The summed E-state index contributed by atoms with van der Waals surface area (Å²) in [5.74, 6) is 0. The molecule has 0 spiro atoms. The summed E-state index contributed by atoms with van der Waals surface area (Å²) in [6.07, 6.45) is 1.10. The van der Waals surface area contributed by atoms with Gasteiger partial charge in [0, 0.05) is 39.3 Å². The van der Waals surface area contributed by atoms with Crippen LogP contribution in [0.5, 0.6) is 0 Å². The molecule has 0 aromatic carbocycles. The molecule has 0 aromatic heterocycles. The SMILES string of the molecule is COC(C)(C)CCN1CCNCC1C. The Balaban J connectivity index is 2.29. The fourth-order valence-corrected chi connectivity index (χ4v) is 1.73. The topological polar surface area (TPSA) is 24.5 Å². The summed E-state index contributed by atoms with van der Waals surface area (Å²) >= 11 is 0. The second-order valence-electron chi connectivity index (χ2n) is 4.80. The molecule has 1 fully saturated rings. The lowest BCUT2D eigenvalue weighted by atomic mass is 10.0. The van der Waals surface area contributed by atoms with Crippen LogP contribution in [0.1, 0.15) is 27.2 Å². The molecule has 0 bridgehead atoms. The van der Waals surface area contributed by atoms with Gasteiger partial charge in [-0.15, -0.1) is 0 Å². The van der Waals surface area contributed by atoms with E-state index in [2.05, 4.69) is 31.0 Å². The van der Waals surface area contributed by atoms with Crippen molar-refractivity contribution in [1.29, 1.82) is 0 Å². The van der Waals surface area contributed by atoms with E-state index in [1.54, 1.807) is 7.11 Å². The first-order chi connectivity index (χ1) is 6.55. The molecule has 1 N–H and O–H groups in total. The van der Waals surface area contributed by atoms with Crippen molar-refractivity contribution < 1.29 is 4.74 Å². The monoisotopic (exact) mass is 200 g/mol. The van der Waals surface area contributed by atoms with Crippen LogP contribution in [0.2, 0.25) is 0 Å². The van der Waals surface area contributed by atoms with Crippen molar-refractivity contribution >= 4 is 0 Å². The first-order valence-electron chi connectivity index (χ1n) is 5.55. The van der Waals surface area contributed by atoms with Crippen molar-refractivity contribution in [1.82, 2.24) is 10.2 Å². The fraction of sp³-hybridized carbons (Fsp3) is 1.00. The van der Waals surface area contributed by atoms with Gasteiger partial charge < -0.3 is 10.1 Å². The van der Waals surface area contributed by atoms with E-state index in [0.29, 0.717) is 6.04 Å². The standard InChI is InChI=1S/C11H24N2O/c1-10-9-12-6-8-13(10)7-5-11(2,3)14-4/h10,12H,5-9H2,1-4H3. The van der Waals surface area contributed by atoms with Gasteiger partial charge in [0.2, 0.25) is 0 Å². The Morgan fingerprint density at radius 2 is 2.21 bits per heavy atom. The second kappa shape index (κ2) is 5.10. The largest absolute Gasteiger partial charge is 0.379 e. The van der Waals surface area contributed by atoms with Crippen LogP contribution < -0.4 is 5.32 Å². The first kappa shape index (κ1) is 12.0. The quantitative estimate of drug-likeness (QED) is 0.735. The summed E-state index contributed by atoms with van der Waals surface area (Å²) in [5, 5.41) is 3.40. The van der Waals surface area contributed by atoms with Crippen molar-refractivity contribution in [3.63, 3.8) is 0 Å². The summed E-state index contributed by atoms with van der Waals surface area (Å²) < 4.78 is 5.42. The number of piperazine rings is 1. The van der Waals surface area contributed by atoms with E-state index in [0.717, 1.165) is 26.1 Å². The molecule has 3 heteroatoms. The lowest BCUT2D eigenvalue weighted by Gasteiger charge is -2.36. The zero-order valence-electron chi connectivity index (χ0n) is 9.97. The molecule has 1 rings (SSSR count). The molecule has 84 valence electrons. The van der Waals surface area contributed by atoms with Gasteiger partial charge in [0.25, 0.3) is 0 Å². The van der Waals surface area contributed by atoms with Crippen molar-refractivity contribution in [2.24, 2.45) is 0 Å². The van der Waals surface area contributed by atoms with Crippen LogP contribution in [0.25, 0.3) is 0 Å². The van der Waals surface area contributed by atoms with Crippen molar-refractivity contribution in [3.8, 4) is 0 Å². The van der Waals surface area contributed by atoms with Gasteiger partial charge in [0.05, 0.1) is 5.60 Å². The van der Waals surface area contributed by atoms with E-state index in [4.69, 9.17) is 4.74 Å². The second-order valence-corrected chi connectivity index (χ2v) is 4.80. The lowest BCUT2D eigenvalue weighted by Crippen LogP contribution is -2.50. The molecule has 1 atom stereocenters. The predicted molar refractivity (Wildman–Crippen MR) is 59.6 cm³/mol. The third-order valence-electron chi connectivity index (χ3n) is 3.19. The Morgan fingerprint density at radius 1 is 1.50 bits per heavy atom. The van der Waals surface area contributed by atoms with Crippen LogP contribution in [0.15, 0.2) is 0 Å². The van der Waals surface area contributed by atoms with Crippen LogP contribution in [0.3, 0.4) is 0 Å². The Hall–Kier alpha value is -0.120. The van der Waals surface area contributed by atoms with E-state index in [9.17, 15) is 0 Å². The minimum Gasteiger partial charge on any atom is -0.379 e. The van der Waals surface area contributed by atoms with Gasteiger partial charge in [-0.2, -0.15) is 0 Å². The Bertz CT molecular complexity index is 171. The van der Waals surface area contributed by atoms with E-state index in [1.165, 1.54) is 6.54 Å². The normalized spacial score (nSPS) is 25.3. The smallest absolute Gasteiger partial charge is 0.0634 e. The maximum absolute atomic E-state index is 5.42. The van der Waals surface area contributed by atoms with Gasteiger partial charge in [-0.1, -0.05) is 0 Å². The highest BCUT2D eigenvalue weighted by molar-refractivity contribution is 4.78. The number of nitrogens with one attached hydrogen (secondary N) is 1.